The van der Waals surface area contributed by atoms with Gasteiger partial charge in [0, 0.05) is 23.1 Å². The van der Waals surface area contributed by atoms with Gasteiger partial charge in [-0.25, -0.2) is 13.1 Å². The van der Waals surface area contributed by atoms with Crippen LogP contribution in [0.1, 0.15) is 27.2 Å². The number of anilines is 1. The zero-order valence-corrected chi connectivity index (χ0v) is 15.5. The first-order valence-electron chi connectivity index (χ1n) is 7.44. The van der Waals surface area contributed by atoms with E-state index in [0.717, 1.165) is 10.9 Å². The summed E-state index contributed by atoms with van der Waals surface area (Å²) in [6.07, 6.45) is 0.753. The van der Waals surface area contributed by atoms with E-state index in [1.165, 1.54) is 0 Å². The molecule has 2 atom stereocenters. The fourth-order valence-corrected chi connectivity index (χ4v) is 4.59. The molecule has 124 valence electrons. The van der Waals surface area contributed by atoms with Crippen molar-refractivity contribution in [1.82, 2.24) is 4.72 Å². The maximum Gasteiger partial charge on any atom is 0.242 e. The van der Waals surface area contributed by atoms with Gasteiger partial charge in [-0.1, -0.05) is 29.8 Å². The average Bonchev–Trinajstić information content (AvgIpc) is 2.51. The van der Waals surface area contributed by atoms with E-state index in [1.807, 2.05) is 11.8 Å². The molecule has 0 aliphatic carbocycles. The van der Waals surface area contributed by atoms with Gasteiger partial charge in [0.1, 0.15) is 4.90 Å². The summed E-state index contributed by atoms with van der Waals surface area (Å²) in [7, 11) is -3.56. The highest BCUT2D eigenvalue weighted by Crippen LogP contribution is 2.33. The third-order valence-electron chi connectivity index (χ3n) is 3.81. The molecular formula is C15H23BrN2O3S. The van der Waals surface area contributed by atoms with E-state index in [0.29, 0.717) is 18.2 Å². The maximum atomic E-state index is 12.6. The number of nitrogens with one attached hydrogen (secondary N) is 1. The van der Waals surface area contributed by atoms with Gasteiger partial charge in [-0.3, -0.25) is 0 Å². The Morgan fingerprint density at radius 2 is 2.09 bits per heavy atom. The number of aliphatic hydroxyl groups is 1. The lowest BCUT2D eigenvalue weighted by Gasteiger charge is -2.32. The van der Waals surface area contributed by atoms with Gasteiger partial charge in [0.05, 0.1) is 12.3 Å². The minimum absolute atomic E-state index is 0.0274. The normalized spacial score (nSPS) is 22.3. The van der Waals surface area contributed by atoms with Crippen molar-refractivity contribution in [1.29, 1.82) is 0 Å². The summed E-state index contributed by atoms with van der Waals surface area (Å²) < 4.78 is 28.9. The second-order valence-electron chi connectivity index (χ2n) is 6.24. The number of benzene rings is 1. The Bertz CT molecular complexity index is 634. The molecule has 1 aromatic carbocycles. The van der Waals surface area contributed by atoms with Crippen LogP contribution in [-0.2, 0) is 10.0 Å². The number of rotatable bonds is 4. The number of fused-ring (bicyclic) bond motifs is 1. The topological polar surface area (TPSA) is 69.6 Å². The summed E-state index contributed by atoms with van der Waals surface area (Å²) in [5, 5.41) is 9.55. The molecule has 0 bridgehead atoms. The van der Waals surface area contributed by atoms with E-state index >= 15 is 0 Å². The first kappa shape index (κ1) is 17.7. The van der Waals surface area contributed by atoms with Crippen molar-refractivity contribution in [2.45, 2.75) is 44.2 Å². The van der Waals surface area contributed by atoms with Crippen LogP contribution in [-0.4, -0.2) is 38.8 Å². The third-order valence-corrected chi connectivity index (χ3v) is 5.87. The van der Waals surface area contributed by atoms with Crippen LogP contribution in [0.5, 0.6) is 0 Å². The highest BCUT2D eigenvalue weighted by Gasteiger charge is 2.33. The van der Waals surface area contributed by atoms with Crippen LogP contribution in [0.4, 0.5) is 5.69 Å². The summed E-state index contributed by atoms with van der Waals surface area (Å²) in [4.78, 5) is 2.24. The van der Waals surface area contributed by atoms with Crippen molar-refractivity contribution < 1.29 is 13.5 Å². The number of hydrogen-bond acceptors (Lipinski definition) is 4. The van der Waals surface area contributed by atoms with Crippen molar-refractivity contribution in [3.63, 3.8) is 0 Å². The van der Waals surface area contributed by atoms with Crippen molar-refractivity contribution in [3.05, 3.63) is 22.7 Å². The number of sulfonamides is 1. The fourth-order valence-electron chi connectivity index (χ4n) is 2.81. The lowest BCUT2D eigenvalue weighted by Crippen LogP contribution is -2.45. The van der Waals surface area contributed by atoms with Crippen LogP contribution in [0.25, 0.3) is 0 Å². The predicted molar refractivity (Wildman–Crippen MR) is 91.6 cm³/mol. The van der Waals surface area contributed by atoms with Crippen LogP contribution < -0.4 is 9.62 Å². The van der Waals surface area contributed by atoms with E-state index in [1.54, 1.807) is 18.2 Å². The zero-order chi connectivity index (χ0) is 16.5. The first-order chi connectivity index (χ1) is 10.2. The van der Waals surface area contributed by atoms with Crippen LogP contribution in [0.15, 0.2) is 27.6 Å². The summed E-state index contributed by atoms with van der Waals surface area (Å²) in [6, 6.07) is 4.81. The van der Waals surface area contributed by atoms with Gasteiger partial charge in [-0.2, -0.15) is 0 Å². The number of halogens is 1. The summed E-state index contributed by atoms with van der Waals surface area (Å²) in [5.41, 5.74) is 0.634. The van der Waals surface area contributed by atoms with E-state index in [9.17, 15) is 13.5 Å². The molecule has 0 radical (unpaired) electrons. The molecule has 0 aromatic heterocycles. The molecule has 0 unspecified atom stereocenters. The first-order valence-corrected chi connectivity index (χ1v) is 9.71. The fraction of sp³-hybridized carbons (Fsp3) is 0.600. The van der Waals surface area contributed by atoms with Crippen molar-refractivity contribution in [3.8, 4) is 0 Å². The van der Waals surface area contributed by atoms with Gasteiger partial charge in [0.15, 0.2) is 0 Å². The van der Waals surface area contributed by atoms with Gasteiger partial charge in [0.2, 0.25) is 10.0 Å². The molecule has 0 fully saturated rings. The van der Waals surface area contributed by atoms with Crippen molar-refractivity contribution >= 4 is 31.6 Å². The van der Waals surface area contributed by atoms with E-state index in [2.05, 4.69) is 34.5 Å². The van der Waals surface area contributed by atoms with Crippen LogP contribution in [0.2, 0.25) is 0 Å². The van der Waals surface area contributed by atoms with E-state index in [4.69, 9.17) is 0 Å². The molecule has 0 amide bonds. The number of hydrogen-bond donors (Lipinski definition) is 2. The number of aliphatic hydroxyl groups excluding tert-OH is 1. The molecule has 1 heterocycles. The molecule has 7 heteroatoms. The van der Waals surface area contributed by atoms with Crippen LogP contribution in [0, 0.1) is 5.92 Å². The SMILES string of the molecule is CC(C)C[C@H]1CN([C@H](C)CO)c2cc(Br)ccc2S(=O)(=O)N1. The second-order valence-corrected chi connectivity index (χ2v) is 8.84. The van der Waals surface area contributed by atoms with Crippen LogP contribution >= 0.6 is 15.9 Å². The highest BCUT2D eigenvalue weighted by atomic mass is 79.9. The molecule has 0 saturated carbocycles. The second kappa shape index (κ2) is 6.86. The predicted octanol–water partition coefficient (Wildman–Crippen LogP) is 2.34. The monoisotopic (exact) mass is 390 g/mol. The van der Waals surface area contributed by atoms with Gasteiger partial charge in [-0.15, -0.1) is 0 Å². The Morgan fingerprint density at radius 3 is 2.68 bits per heavy atom. The lowest BCUT2D eigenvalue weighted by molar-refractivity contribution is 0.264. The Morgan fingerprint density at radius 1 is 1.41 bits per heavy atom. The maximum absolute atomic E-state index is 12.6. The Labute approximate surface area is 140 Å². The molecule has 22 heavy (non-hydrogen) atoms. The average molecular weight is 391 g/mol. The molecule has 0 spiro atoms. The molecule has 1 aliphatic rings. The van der Waals surface area contributed by atoms with Gasteiger partial charge >= 0.3 is 0 Å². The Kier molecular flexibility index (Phi) is 5.53. The largest absolute Gasteiger partial charge is 0.394 e. The third kappa shape index (κ3) is 3.82. The summed E-state index contributed by atoms with van der Waals surface area (Å²) in [6.45, 7) is 6.56. The number of nitrogens with zero attached hydrogens (tertiary/aromatic N) is 1. The van der Waals surface area contributed by atoms with Gasteiger partial charge in [-0.05, 0) is 37.5 Å². The molecule has 5 nitrogen and oxygen atoms in total. The minimum Gasteiger partial charge on any atom is -0.394 e. The highest BCUT2D eigenvalue weighted by molar-refractivity contribution is 9.10. The molecule has 0 saturated heterocycles. The Hall–Kier alpha value is -0.630. The summed E-state index contributed by atoms with van der Waals surface area (Å²) in [5.74, 6) is 0.381. The van der Waals surface area contributed by atoms with Crippen LogP contribution in [0.3, 0.4) is 0 Å². The molecular weight excluding hydrogens is 368 g/mol. The van der Waals surface area contributed by atoms with Gasteiger partial charge in [0.25, 0.3) is 0 Å². The van der Waals surface area contributed by atoms with Crippen molar-refractivity contribution in [2.24, 2.45) is 5.92 Å². The molecule has 2 N–H and O–H groups in total. The molecule has 1 aliphatic heterocycles. The zero-order valence-electron chi connectivity index (χ0n) is 13.1. The van der Waals surface area contributed by atoms with Crippen molar-refractivity contribution in [2.75, 3.05) is 18.1 Å². The quantitative estimate of drug-likeness (QED) is 0.827. The lowest BCUT2D eigenvalue weighted by atomic mass is 10.0. The van der Waals surface area contributed by atoms with E-state index < -0.39 is 10.0 Å². The van der Waals surface area contributed by atoms with E-state index in [-0.39, 0.29) is 23.6 Å². The van der Waals surface area contributed by atoms with Gasteiger partial charge < -0.3 is 10.0 Å². The standard InChI is InChI=1S/C15H23BrN2O3S/c1-10(2)6-13-8-18(11(3)9-19)14-7-12(16)4-5-15(14)22(20,21)17-13/h4-5,7,10-11,13,17,19H,6,8-9H2,1-3H3/t11-,13+/m1/s1. The Balaban J connectivity index is 2.53. The smallest absolute Gasteiger partial charge is 0.242 e. The molecule has 1 aromatic rings. The molecule has 2 rings (SSSR count). The minimum atomic E-state index is -3.56. The summed E-state index contributed by atoms with van der Waals surface area (Å²) >= 11 is 3.40.